The minimum Gasteiger partial charge on any atom is -0.481 e. The molecule has 1 atom stereocenters. The second-order valence-corrected chi connectivity index (χ2v) is 4.44. The number of ether oxygens (including phenoxy) is 1. The minimum atomic E-state index is -0.287. The molecule has 88 valence electrons. The minimum absolute atomic E-state index is 0.287. The SMILES string of the molecule is COc1cc(CC(O)CC2CCC2)ncn1. The molecule has 1 aromatic rings. The predicted molar refractivity (Wildman–Crippen MR) is 60.3 cm³/mol. The van der Waals surface area contributed by atoms with Crippen LogP contribution >= 0.6 is 0 Å². The lowest BCUT2D eigenvalue weighted by Gasteiger charge is -2.27. The Morgan fingerprint density at radius 3 is 2.94 bits per heavy atom. The summed E-state index contributed by atoms with van der Waals surface area (Å²) in [6.07, 6.45) is 6.53. The molecule has 1 aliphatic rings. The van der Waals surface area contributed by atoms with Gasteiger partial charge in [0.25, 0.3) is 0 Å². The topological polar surface area (TPSA) is 55.2 Å². The van der Waals surface area contributed by atoms with Gasteiger partial charge in [-0.1, -0.05) is 19.3 Å². The number of hydrogen-bond donors (Lipinski definition) is 1. The highest BCUT2D eigenvalue weighted by molar-refractivity contribution is 5.13. The molecule has 0 bridgehead atoms. The summed E-state index contributed by atoms with van der Waals surface area (Å²) in [5.74, 6) is 1.28. The molecule has 1 fully saturated rings. The van der Waals surface area contributed by atoms with Gasteiger partial charge in [-0.15, -0.1) is 0 Å². The molecule has 1 unspecified atom stereocenters. The molecule has 4 nitrogen and oxygen atoms in total. The monoisotopic (exact) mass is 222 g/mol. The van der Waals surface area contributed by atoms with Crippen LogP contribution in [0, 0.1) is 5.92 Å². The fraction of sp³-hybridized carbons (Fsp3) is 0.667. The predicted octanol–water partition coefficient (Wildman–Crippen LogP) is 1.58. The van der Waals surface area contributed by atoms with Gasteiger partial charge in [0.05, 0.1) is 18.9 Å². The summed E-state index contributed by atoms with van der Waals surface area (Å²) in [7, 11) is 1.58. The molecular formula is C12H18N2O2. The van der Waals surface area contributed by atoms with Gasteiger partial charge < -0.3 is 9.84 Å². The van der Waals surface area contributed by atoms with E-state index in [2.05, 4.69) is 9.97 Å². The Hall–Kier alpha value is -1.16. The van der Waals surface area contributed by atoms with Crippen LogP contribution in [0.5, 0.6) is 5.88 Å². The van der Waals surface area contributed by atoms with Crippen LogP contribution in [0.2, 0.25) is 0 Å². The smallest absolute Gasteiger partial charge is 0.216 e. The van der Waals surface area contributed by atoms with E-state index in [9.17, 15) is 5.11 Å². The lowest BCUT2D eigenvalue weighted by Crippen LogP contribution is -2.21. The van der Waals surface area contributed by atoms with E-state index in [1.807, 2.05) is 0 Å². The van der Waals surface area contributed by atoms with Gasteiger partial charge in [-0.05, 0) is 12.3 Å². The highest BCUT2D eigenvalue weighted by Crippen LogP contribution is 2.30. The van der Waals surface area contributed by atoms with Crippen LogP contribution in [0.15, 0.2) is 12.4 Å². The Morgan fingerprint density at radius 2 is 2.31 bits per heavy atom. The van der Waals surface area contributed by atoms with Crippen molar-refractivity contribution in [1.82, 2.24) is 9.97 Å². The van der Waals surface area contributed by atoms with Gasteiger partial charge in [-0.2, -0.15) is 0 Å². The summed E-state index contributed by atoms with van der Waals surface area (Å²) in [5.41, 5.74) is 0.846. The molecule has 1 aromatic heterocycles. The number of methoxy groups -OCH3 is 1. The fourth-order valence-corrected chi connectivity index (χ4v) is 2.04. The van der Waals surface area contributed by atoms with Crippen molar-refractivity contribution < 1.29 is 9.84 Å². The maximum absolute atomic E-state index is 9.90. The van der Waals surface area contributed by atoms with E-state index in [0.717, 1.165) is 18.0 Å². The van der Waals surface area contributed by atoms with Gasteiger partial charge in [0, 0.05) is 12.5 Å². The average molecular weight is 222 g/mol. The molecule has 4 heteroatoms. The van der Waals surface area contributed by atoms with Gasteiger partial charge in [0.15, 0.2) is 0 Å². The molecule has 0 saturated heterocycles. The fourth-order valence-electron chi connectivity index (χ4n) is 2.04. The normalized spacial score (nSPS) is 17.9. The maximum Gasteiger partial charge on any atom is 0.216 e. The summed E-state index contributed by atoms with van der Waals surface area (Å²) in [6, 6.07) is 1.78. The third-order valence-corrected chi connectivity index (χ3v) is 3.18. The zero-order valence-corrected chi connectivity index (χ0v) is 9.59. The van der Waals surface area contributed by atoms with Crippen LogP contribution in [0.25, 0.3) is 0 Å². The number of nitrogens with zero attached hydrogens (tertiary/aromatic N) is 2. The Bertz CT molecular complexity index is 340. The molecule has 1 aliphatic carbocycles. The first kappa shape index (κ1) is 11.3. The van der Waals surface area contributed by atoms with Crippen molar-refractivity contribution in [1.29, 1.82) is 0 Å². The molecule has 2 rings (SSSR count). The molecule has 1 heterocycles. The zero-order valence-electron chi connectivity index (χ0n) is 9.59. The highest BCUT2D eigenvalue weighted by Gasteiger charge is 2.21. The molecule has 0 spiro atoms. The first-order chi connectivity index (χ1) is 7.78. The second kappa shape index (κ2) is 5.25. The van der Waals surface area contributed by atoms with Crippen molar-refractivity contribution in [3.63, 3.8) is 0 Å². The number of aliphatic hydroxyl groups is 1. The van der Waals surface area contributed by atoms with E-state index < -0.39 is 0 Å². The number of aliphatic hydroxyl groups excluding tert-OH is 1. The van der Waals surface area contributed by atoms with Gasteiger partial charge >= 0.3 is 0 Å². The summed E-state index contributed by atoms with van der Waals surface area (Å²) < 4.78 is 5.02. The summed E-state index contributed by atoms with van der Waals surface area (Å²) >= 11 is 0. The van der Waals surface area contributed by atoms with E-state index >= 15 is 0 Å². The van der Waals surface area contributed by atoms with Crippen molar-refractivity contribution in [3.05, 3.63) is 18.1 Å². The quantitative estimate of drug-likeness (QED) is 0.821. The van der Waals surface area contributed by atoms with Crippen LogP contribution in [-0.4, -0.2) is 28.3 Å². The summed E-state index contributed by atoms with van der Waals surface area (Å²) in [5, 5.41) is 9.90. The average Bonchev–Trinajstić information content (AvgIpc) is 2.24. The van der Waals surface area contributed by atoms with E-state index in [1.165, 1.54) is 25.6 Å². The number of aromatic nitrogens is 2. The molecule has 1 saturated carbocycles. The van der Waals surface area contributed by atoms with E-state index in [0.29, 0.717) is 12.3 Å². The van der Waals surface area contributed by atoms with Crippen LogP contribution < -0.4 is 4.74 Å². The molecule has 0 aromatic carbocycles. The van der Waals surface area contributed by atoms with Gasteiger partial charge in [0.1, 0.15) is 6.33 Å². The van der Waals surface area contributed by atoms with Gasteiger partial charge in [0.2, 0.25) is 5.88 Å². The molecule has 1 N–H and O–H groups in total. The maximum atomic E-state index is 9.90. The van der Waals surface area contributed by atoms with Crippen molar-refractivity contribution in [2.24, 2.45) is 5.92 Å². The number of rotatable bonds is 5. The van der Waals surface area contributed by atoms with Crippen molar-refractivity contribution in [2.45, 2.75) is 38.2 Å². The lowest BCUT2D eigenvalue weighted by atomic mass is 9.81. The van der Waals surface area contributed by atoms with Crippen molar-refractivity contribution >= 4 is 0 Å². The van der Waals surface area contributed by atoms with Crippen LogP contribution in [0.3, 0.4) is 0 Å². The third kappa shape index (κ3) is 2.92. The summed E-state index contributed by atoms with van der Waals surface area (Å²) in [6.45, 7) is 0. The third-order valence-electron chi connectivity index (χ3n) is 3.18. The zero-order chi connectivity index (χ0) is 11.4. The van der Waals surface area contributed by atoms with E-state index in [-0.39, 0.29) is 6.10 Å². The molecular weight excluding hydrogens is 204 g/mol. The highest BCUT2D eigenvalue weighted by atomic mass is 16.5. The largest absolute Gasteiger partial charge is 0.481 e. The van der Waals surface area contributed by atoms with Gasteiger partial charge in [-0.3, -0.25) is 0 Å². The molecule has 16 heavy (non-hydrogen) atoms. The van der Waals surface area contributed by atoms with Crippen LogP contribution in [-0.2, 0) is 6.42 Å². The standard InChI is InChI=1S/C12H18N2O2/c1-16-12-7-10(13-8-14-12)6-11(15)5-9-3-2-4-9/h7-9,11,15H,2-6H2,1H3. The molecule has 0 amide bonds. The molecule has 0 aliphatic heterocycles. The van der Waals surface area contributed by atoms with Crippen molar-refractivity contribution in [2.75, 3.05) is 7.11 Å². The van der Waals surface area contributed by atoms with Gasteiger partial charge in [-0.25, -0.2) is 9.97 Å². The first-order valence-electron chi connectivity index (χ1n) is 5.81. The number of hydrogen-bond acceptors (Lipinski definition) is 4. The lowest BCUT2D eigenvalue weighted by molar-refractivity contribution is 0.117. The van der Waals surface area contributed by atoms with E-state index in [4.69, 9.17) is 4.74 Å². The Morgan fingerprint density at radius 1 is 1.50 bits per heavy atom. The Balaban J connectivity index is 1.86. The van der Waals surface area contributed by atoms with Crippen molar-refractivity contribution in [3.8, 4) is 5.88 Å². The Labute approximate surface area is 95.7 Å². The van der Waals surface area contributed by atoms with E-state index in [1.54, 1.807) is 13.2 Å². The van der Waals surface area contributed by atoms with Crippen LogP contribution in [0.4, 0.5) is 0 Å². The molecule has 0 radical (unpaired) electrons. The summed E-state index contributed by atoms with van der Waals surface area (Å²) in [4.78, 5) is 8.07. The second-order valence-electron chi connectivity index (χ2n) is 4.44. The first-order valence-corrected chi connectivity index (χ1v) is 5.81. The van der Waals surface area contributed by atoms with Crippen LogP contribution in [0.1, 0.15) is 31.4 Å². The Kier molecular flexibility index (Phi) is 3.72.